The van der Waals surface area contributed by atoms with E-state index >= 15 is 0 Å². The predicted molar refractivity (Wildman–Crippen MR) is 111 cm³/mol. The van der Waals surface area contributed by atoms with Gasteiger partial charge in [0, 0.05) is 5.41 Å². The van der Waals surface area contributed by atoms with E-state index in [1.54, 1.807) is 0 Å². The van der Waals surface area contributed by atoms with Gasteiger partial charge in [0.15, 0.2) is 0 Å². The maximum absolute atomic E-state index is 8.95. The van der Waals surface area contributed by atoms with Crippen LogP contribution in [0.15, 0.2) is 48.5 Å². The summed E-state index contributed by atoms with van der Waals surface area (Å²) in [4.78, 5) is 0. The zero-order chi connectivity index (χ0) is 19.8. The first kappa shape index (κ1) is 20.7. The molecule has 0 spiro atoms. The third-order valence-electron chi connectivity index (χ3n) is 6.07. The maximum atomic E-state index is 8.95. The zero-order valence-electron chi connectivity index (χ0n) is 16.8. The smallest absolute Gasteiger partial charge is 0.119 e. The van der Waals surface area contributed by atoms with E-state index in [4.69, 9.17) is 19.7 Å². The van der Waals surface area contributed by atoms with Gasteiger partial charge in [0.2, 0.25) is 0 Å². The Hall–Kier alpha value is -2.04. The lowest BCUT2D eigenvalue weighted by Gasteiger charge is -2.41. The van der Waals surface area contributed by atoms with Gasteiger partial charge in [0.1, 0.15) is 24.7 Å². The molecule has 0 saturated heterocycles. The normalized spacial score (nSPS) is 16.7. The van der Waals surface area contributed by atoms with Crippen LogP contribution >= 0.6 is 0 Å². The molecule has 4 nitrogen and oxygen atoms in total. The number of benzene rings is 2. The van der Waals surface area contributed by atoms with Crippen LogP contribution in [0, 0.1) is 5.92 Å². The topological polar surface area (TPSA) is 58.9 Å². The summed E-state index contributed by atoms with van der Waals surface area (Å²) < 4.78 is 11.1. The molecule has 0 heterocycles. The van der Waals surface area contributed by atoms with Gasteiger partial charge in [-0.3, -0.25) is 0 Å². The van der Waals surface area contributed by atoms with Crippen molar-refractivity contribution in [2.45, 2.75) is 44.4 Å². The standard InChI is InChI=1S/C24H32O4/c1-2-19-11-13-24(14-12-19,20-3-7-22(8-4-20)27-17-15-25)21-5-9-23(10-6-21)28-18-16-26/h3-10,19,25-26H,2,11-18H2,1H3. The number of aliphatic hydroxyl groups is 2. The first-order chi connectivity index (χ1) is 13.7. The van der Waals surface area contributed by atoms with E-state index in [1.807, 2.05) is 24.3 Å². The molecule has 3 rings (SSSR count). The Labute approximate surface area is 168 Å². The molecule has 0 aliphatic heterocycles. The van der Waals surface area contributed by atoms with E-state index in [-0.39, 0.29) is 18.6 Å². The predicted octanol–water partition coefficient (Wildman–Crippen LogP) is 4.32. The molecule has 2 aromatic rings. The Morgan fingerprint density at radius 1 is 0.786 bits per heavy atom. The van der Waals surface area contributed by atoms with E-state index in [0.29, 0.717) is 13.2 Å². The van der Waals surface area contributed by atoms with Crippen molar-refractivity contribution in [1.82, 2.24) is 0 Å². The summed E-state index contributed by atoms with van der Waals surface area (Å²) in [6, 6.07) is 16.7. The lowest BCUT2D eigenvalue weighted by Crippen LogP contribution is -2.33. The van der Waals surface area contributed by atoms with E-state index in [0.717, 1.165) is 30.3 Å². The minimum atomic E-state index is 0.0106. The van der Waals surface area contributed by atoms with Crippen molar-refractivity contribution < 1.29 is 19.7 Å². The Morgan fingerprint density at radius 2 is 1.21 bits per heavy atom. The first-order valence-electron chi connectivity index (χ1n) is 10.4. The summed E-state index contributed by atoms with van der Waals surface area (Å²) in [5.74, 6) is 2.40. The number of hydrogen-bond acceptors (Lipinski definition) is 4. The molecule has 0 atom stereocenters. The third-order valence-corrected chi connectivity index (χ3v) is 6.07. The summed E-state index contributed by atoms with van der Waals surface area (Å²) in [5.41, 5.74) is 2.65. The molecule has 0 aromatic heterocycles. The molecule has 1 saturated carbocycles. The van der Waals surface area contributed by atoms with Gasteiger partial charge in [-0.25, -0.2) is 0 Å². The minimum absolute atomic E-state index is 0.0106. The SMILES string of the molecule is CCC1CCC(c2ccc(OCCO)cc2)(c2ccc(OCCO)cc2)CC1. The van der Waals surface area contributed by atoms with E-state index in [1.165, 1.54) is 30.4 Å². The molecule has 2 aromatic carbocycles. The van der Waals surface area contributed by atoms with Gasteiger partial charge in [-0.1, -0.05) is 37.6 Å². The van der Waals surface area contributed by atoms with Crippen LogP contribution in [0.25, 0.3) is 0 Å². The lowest BCUT2D eigenvalue weighted by atomic mass is 9.63. The van der Waals surface area contributed by atoms with Crippen LogP contribution in [-0.4, -0.2) is 36.6 Å². The second-order valence-electron chi connectivity index (χ2n) is 7.63. The fourth-order valence-corrected chi connectivity index (χ4v) is 4.39. The van der Waals surface area contributed by atoms with Crippen molar-refractivity contribution in [2.24, 2.45) is 5.92 Å². The van der Waals surface area contributed by atoms with Crippen LogP contribution in [0.2, 0.25) is 0 Å². The van der Waals surface area contributed by atoms with Crippen molar-refractivity contribution in [2.75, 3.05) is 26.4 Å². The summed E-state index contributed by atoms with van der Waals surface area (Å²) in [6.07, 6.45) is 6.00. The summed E-state index contributed by atoms with van der Waals surface area (Å²) >= 11 is 0. The molecule has 2 N–H and O–H groups in total. The van der Waals surface area contributed by atoms with Crippen molar-refractivity contribution in [3.8, 4) is 11.5 Å². The fourth-order valence-electron chi connectivity index (χ4n) is 4.39. The Balaban J connectivity index is 1.88. The molecule has 0 radical (unpaired) electrons. The molecular formula is C24H32O4. The highest BCUT2D eigenvalue weighted by Crippen LogP contribution is 2.47. The molecule has 1 aliphatic rings. The molecule has 152 valence electrons. The molecule has 1 aliphatic carbocycles. The van der Waals surface area contributed by atoms with Crippen molar-refractivity contribution >= 4 is 0 Å². The lowest BCUT2D eigenvalue weighted by molar-refractivity contribution is 0.201. The van der Waals surface area contributed by atoms with Gasteiger partial charge in [-0.2, -0.15) is 0 Å². The van der Waals surface area contributed by atoms with Crippen LogP contribution in [0.3, 0.4) is 0 Å². The van der Waals surface area contributed by atoms with Crippen molar-refractivity contribution in [1.29, 1.82) is 0 Å². The minimum Gasteiger partial charge on any atom is -0.491 e. The van der Waals surface area contributed by atoms with E-state index in [2.05, 4.69) is 31.2 Å². The molecule has 1 fully saturated rings. The number of rotatable bonds is 9. The quantitative estimate of drug-likeness (QED) is 0.676. The molecule has 0 bridgehead atoms. The van der Waals surface area contributed by atoms with Gasteiger partial charge < -0.3 is 19.7 Å². The van der Waals surface area contributed by atoms with Gasteiger partial charge in [0.05, 0.1) is 13.2 Å². The maximum Gasteiger partial charge on any atom is 0.119 e. The second-order valence-corrected chi connectivity index (χ2v) is 7.63. The van der Waals surface area contributed by atoms with Crippen LogP contribution < -0.4 is 9.47 Å². The third kappa shape index (κ3) is 4.68. The van der Waals surface area contributed by atoms with Crippen LogP contribution in [0.5, 0.6) is 11.5 Å². The zero-order valence-corrected chi connectivity index (χ0v) is 16.8. The van der Waals surface area contributed by atoms with Gasteiger partial charge in [-0.15, -0.1) is 0 Å². The average Bonchev–Trinajstić information content (AvgIpc) is 2.77. The monoisotopic (exact) mass is 384 g/mol. The van der Waals surface area contributed by atoms with Crippen LogP contribution in [-0.2, 0) is 5.41 Å². The highest BCUT2D eigenvalue weighted by atomic mass is 16.5. The largest absolute Gasteiger partial charge is 0.491 e. The number of hydrogen-bond donors (Lipinski definition) is 2. The van der Waals surface area contributed by atoms with Crippen LogP contribution in [0.1, 0.15) is 50.2 Å². The fraction of sp³-hybridized carbons (Fsp3) is 0.500. The summed E-state index contributed by atoms with van der Waals surface area (Å²) in [6.45, 7) is 2.97. The highest BCUT2D eigenvalue weighted by Gasteiger charge is 2.38. The van der Waals surface area contributed by atoms with Crippen LogP contribution in [0.4, 0.5) is 0 Å². The van der Waals surface area contributed by atoms with Gasteiger partial charge in [0.25, 0.3) is 0 Å². The summed E-state index contributed by atoms with van der Waals surface area (Å²) in [5, 5.41) is 17.9. The van der Waals surface area contributed by atoms with Crippen molar-refractivity contribution in [3.63, 3.8) is 0 Å². The first-order valence-corrected chi connectivity index (χ1v) is 10.4. The summed E-state index contributed by atoms with van der Waals surface area (Å²) in [7, 11) is 0. The second kappa shape index (κ2) is 9.94. The number of ether oxygens (including phenoxy) is 2. The number of aliphatic hydroxyl groups excluding tert-OH is 2. The van der Waals surface area contributed by atoms with Gasteiger partial charge in [-0.05, 0) is 67.0 Å². The Bertz CT molecular complexity index is 647. The van der Waals surface area contributed by atoms with E-state index in [9.17, 15) is 0 Å². The highest BCUT2D eigenvalue weighted by molar-refractivity contribution is 5.43. The van der Waals surface area contributed by atoms with Gasteiger partial charge >= 0.3 is 0 Å². The average molecular weight is 385 g/mol. The molecule has 0 amide bonds. The molecule has 0 unspecified atom stereocenters. The molecular weight excluding hydrogens is 352 g/mol. The molecule has 4 heteroatoms. The van der Waals surface area contributed by atoms with Crippen molar-refractivity contribution in [3.05, 3.63) is 59.7 Å². The van der Waals surface area contributed by atoms with E-state index < -0.39 is 0 Å². The Morgan fingerprint density at radius 3 is 1.57 bits per heavy atom. The Kier molecular flexibility index (Phi) is 7.35. The molecule has 28 heavy (non-hydrogen) atoms.